The van der Waals surface area contributed by atoms with Gasteiger partial charge in [0, 0.05) is 25.9 Å². The summed E-state index contributed by atoms with van der Waals surface area (Å²) < 4.78 is 0. The highest BCUT2D eigenvalue weighted by Gasteiger charge is 2.13. The molecule has 1 amide bonds. The molecular weight excluding hydrogens is 506 g/mol. The van der Waals surface area contributed by atoms with E-state index in [1.54, 1.807) is 0 Å². The zero-order chi connectivity index (χ0) is 30.1. The molecule has 1 N–H and O–H groups in total. The summed E-state index contributed by atoms with van der Waals surface area (Å²) >= 11 is 0. The van der Waals surface area contributed by atoms with Crippen LogP contribution in [0.15, 0.2) is 0 Å². The van der Waals surface area contributed by atoms with Crippen molar-refractivity contribution in [1.82, 2.24) is 4.90 Å². The van der Waals surface area contributed by atoms with E-state index in [-0.39, 0.29) is 12.3 Å². The number of hydrogen-bond acceptors (Lipinski definition) is 2. The second-order valence-electron chi connectivity index (χ2n) is 12.8. The summed E-state index contributed by atoms with van der Waals surface area (Å²) in [5.41, 5.74) is 0. The van der Waals surface area contributed by atoms with Gasteiger partial charge in [-0.2, -0.15) is 0 Å². The predicted molar refractivity (Wildman–Crippen MR) is 179 cm³/mol. The monoisotopic (exact) mass is 580 g/mol. The van der Waals surface area contributed by atoms with Crippen LogP contribution < -0.4 is 0 Å². The molecule has 41 heavy (non-hydrogen) atoms. The van der Waals surface area contributed by atoms with Gasteiger partial charge in [0.2, 0.25) is 5.91 Å². The molecule has 0 aliphatic carbocycles. The van der Waals surface area contributed by atoms with Crippen LogP contribution >= 0.6 is 0 Å². The molecule has 0 spiro atoms. The third kappa shape index (κ3) is 31.7. The van der Waals surface area contributed by atoms with Crippen molar-refractivity contribution in [3.63, 3.8) is 0 Å². The molecular formula is C37H73NO3. The van der Waals surface area contributed by atoms with Gasteiger partial charge in [-0.15, -0.1) is 0 Å². The fourth-order valence-electron chi connectivity index (χ4n) is 5.90. The van der Waals surface area contributed by atoms with Crippen LogP contribution in [0.25, 0.3) is 0 Å². The molecule has 0 atom stereocenters. The molecule has 0 unspecified atom stereocenters. The molecule has 0 saturated heterocycles. The molecule has 4 nitrogen and oxygen atoms in total. The van der Waals surface area contributed by atoms with Crippen molar-refractivity contribution in [1.29, 1.82) is 0 Å². The minimum absolute atomic E-state index is 0.0945. The molecule has 0 saturated carbocycles. The van der Waals surface area contributed by atoms with Gasteiger partial charge in [-0.1, -0.05) is 181 Å². The molecule has 0 aromatic heterocycles. The Bertz CT molecular complexity index is 518. The van der Waals surface area contributed by atoms with E-state index in [2.05, 4.69) is 13.8 Å². The number of unbranched alkanes of at least 4 members (excludes halogenated alkanes) is 26. The summed E-state index contributed by atoms with van der Waals surface area (Å²) in [6, 6.07) is 0. The van der Waals surface area contributed by atoms with Crippen molar-refractivity contribution in [2.45, 2.75) is 213 Å². The van der Waals surface area contributed by atoms with E-state index in [0.717, 1.165) is 25.9 Å². The quantitative estimate of drug-likeness (QED) is 0.0771. The fourth-order valence-corrected chi connectivity index (χ4v) is 5.90. The molecule has 0 aliphatic rings. The maximum atomic E-state index is 12.8. The Morgan fingerprint density at radius 1 is 0.390 bits per heavy atom. The first kappa shape index (κ1) is 39.9. The molecule has 0 heterocycles. The van der Waals surface area contributed by atoms with Gasteiger partial charge in [0.25, 0.3) is 0 Å². The minimum atomic E-state index is -0.803. The van der Waals surface area contributed by atoms with Crippen molar-refractivity contribution in [2.75, 3.05) is 13.1 Å². The minimum Gasteiger partial charge on any atom is -0.481 e. The SMILES string of the molecule is CCCCCCCCCCCCCCCCN(CCCCCCCCCCCCCCCC)C(=O)CCCC(=O)O. The van der Waals surface area contributed by atoms with Crippen molar-refractivity contribution >= 4 is 11.9 Å². The number of rotatable bonds is 34. The third-order valence-corrected chi connectivity index (χ3v) is 8.70. The maximum Gasteiger partial charge on any atom is 0.303 e. The number of carbonyl (C=O) groups excluding carboxylic acids is 1. The van der Waals surface area contributed by atoms with E-state index in [4.69, 9.17) is 5.11 Å². The Morgan fingerprint density at radius 3 is 0.927 bits per heavy atom. The van der Waals surface area contributed by atoms with Crippen LogP contribution in [0.4, 0.5) is 0 Å². The van der Waals surface area contributed by atoms with Crippen molar-refractivity contribution in [2.24, 2.45) is 0 Å². The Balaban J connectivity index is 3.86. The number of aliphatic carboxylic acids is 1. The molecule has 0 radical (unpaired) electrons. The van der Waals surface area contributed by atoms with Gasteiger partial charge in [0.15, 0.2) is 0 Å². The van der Waals surface area contributed by atoms with Gasteiger partial charge in [-0.05, 0) is 19.3 Å². The number of hydrogen-bond donors (Lipinski definition) is 1. The summed E-state index contributed by atoms with van der Waals surface area (Å²) in [5.74, 6) is -0.640. The van der Waals surface area contributed by atoms with Gasteiger partial charge in [0.05, 0.1) is 0 Å². The zero-order valence-electron chi connectivity index (χ0n) is 28.0. The van der Waals surface area contributed by atoms with Crippen LogP contribution in [0.3, 0.4) is 0 Å². The second-order valence-corrected chi connectivity index (χ2v) is 12.8. The highest BCUT2D eigenvalue weighted by molar-refractivity contribution is 5.77. The fraction of sp³-hybridized carbons (Fsp3) is 0.946. The number of carbonyl (C=O) groups is 2. The van der Waals surface area contributed by atoms with Crippen LogP contribution in [-0.2, 0) is 9.59 Å². The lowest BCUT2D eigenvalue weighted by molar-refractivity contribution is -0.137. The molecule has 244 valence electrons. The van der Waals surface area contributed by atoms with Crippen LogP contribution in [0, 0.1) is 0 Å². The summed E-state index contributed by atoms with van der Waals surface area (Å²) in [7, 11) is 0. The third-order valence-electron chi connectivity index (χ3n) is 8.70. The Labute approximate surface area is 257 Å². The summed E-state index contributed by atoms with van der Waals surface area (Å²) in [5, 5.41) is 8.93. The van der Waals surface area contributed by atoms with Crippen molar-refractivity contribution in [3.8, 4) is 0 Å². The summed E-state index contributed by atoms with van der Waals surface area (Å²) in [6.45, 7) is 6.26. The number of carboxylic acid groups (broad SMARTS) is 1. The average molecular weight is 580 g/mol. The first-order valence-electron chi connectivity index (χ1n) is 18.6. The lowest BCUT2D eigenvalue weighted by Gasteiger charge is -2.23. The van der Waals surface area contributed by atoms with Gasteiger partial charge >= 0.3 is 5.97 Å². The molecule has 0 aliphatic heterocycles. The number of nitrogens with zero attached hydrogens (tertiary/aromatic N) is 1. The molecule has 0 rings (SSSR count). The summed E-state index contributed by atoms with van der Waals surface area (Å²) in [6.07, 6.45) is 38.6. The molecule has 4 heteroatoms. The molecule has 0 fully saturated rings. The van der Waals surface area contributed by atoms with Crippen LogP contribution in [0.2, 0.25) is 0 Å². The van der Waals surface area contributed by atoms with Crippen molar-refractivity contribution in [3.05, 3.63) is 0 Å². The van der Waals surface area contributed by atoms with Crippen LogP contribution in [-0.4, -0.2) is 35.0 Å². The van der Waals surface area contributed by atoms with E-state index in [0.29, 0.717) is 12.8 Å². The normalized spacial score (nSPS) is 11.3. The predicted octanol–water partition coefficient (Wildman–Crippen LogP) is 12.0. The Kier molecular flexibility index (Phi) is 32.6. The van der Waals surface area contributed by atoms with E-state index in [1.807, 2.05) is 4.90 Å². The average Bonchev–Trinajstić information content (AvgIpc) is 2.96. The van der Waals surface area contributed by atoms with Gasteiger partial charge in [0.1, 0.15) is 0 Å². The van der Waals surface area contributed by atoms with E-state index in [9.17, 15) is 9.59 Å². The van der Waals surface area contributed by atoms with E-state index in [1.165, 1.54) is 167 Å². The van der Waals surface area contributed by atoms with Crippen LogP contribution in [0.5, 0.6) is 0 Å². The number of carboxylic acids is 1. The standard InChI is InChI=1S/C37H73NO3/c1-3-5-7-9-11-13-15-17-19-21-23-25-27-29-34-38(36(39)32-31-33-37(40)41)35-30-28-26-24-22-20-18-16-14-12-10-8-6-4-2/h3-35H2,1-2H3,(H,40,41). The first-order valence-corrected chi connectivity index (χ1v) is 18.6. The van der Waals surface area contributed by atoms with Gasteiger partial charge in [-0.25, -0.2) is 0 Å². The highest BCUT2D eigenvalue weighted by Crippen LogP contribution is 2.15. The molecule has 0 aromatic rings. The van der Waals surface area contributed by atoms with Gasteiger partial charge < -0.3 is 10.0 Å². The summed E-state index contributed by atoms with van der Waals surface area (Å²) in [4.78, 5) is 25.7. The zero-order valence-corrected chi connectivity index (χ0v) is 28.0. The topological polar surface area (TPSA) is 57.6 Å². The Morgan fingerprint density at radius 2 is 0.659 bits per heavy atom. The number of amides is 1. The maximum absolute atomic E-state index is 12.8. The lowest BCUT2D eigenvalue weighted by Crippen LogP contribution is -2.33. The highest BCUT2D eigenvalue weighted by atomic mass is 16.4. The largest absolute Gasteiger partial charge is 0.481 e. The van der Waals surface area contributed by atoms with Crippen molar-refractivity contribution < 1.29 is 14.7 Å². The smallest absolute Gasteiger partial charge is 0.303 e. The first-order chi connectivity index (χ1) is 20.1. The Hall–Kier alpha value is -1.06. The second kappa shape index (κ2) is 33.4. The van der Waals surface area contributed by atoms with Crippen LogP contribution in [0.1, 0.15) is 213 Å². The van der Waals surface area contributed by atoms with Gasteiger partial charge in [-0.3, -0.25) is 9.59 Å². The van der Waals surface area contributed by atoms with E-state index < -0.39 is 5.97 Å². The lowest BCUT2D eigenvalue weighted by atomic mass is 10.0. The molecule has 0 aromatic carbocycles. The molecule has 0 bridgehead atoms. The van der Waals surface area contributed by atoms with E-state index >= 15 is 0 Å².